The van der Waals surface area contributed by atoms with Crippen molar-refractivity contribution in [2.75, 3.05) is 6.54 Å². The van der Waals surface area contributed by atoms with E-state index in [-0.39, 0.29) is 17.7 Å². The summed E-state index contributed by atoms with van der Waals surface area (Å²) in [7, 11) is 0. The molecule has 11 heteroatoms. The van der Waals surface area contributed by atoms with Crippen LogP contribution in [0.3, 0.4) is 0 Å². The number of esters is 1. The average Bonchev–Trinajstić information content (AvgIpc) is 3.43. The molecule has 29 heavy (non-hydrogen) atoms. The number of nitrogens with zero attached hydrogens (tertiary/aromatic N) is 3. The lowest BCUT2D eigenvalue weighted by Gasteiger charge is -2.12. The molecular formula is C18H11N3O7S. The van der Waals surface area contributed by atoms with Crippen molar-refractivity contribution in [1.29, 1.82) is 0 Å². The molecule has 4 rings (SSSR count). The van der Waals surface area contributed by atoms with Crippen LogP contribution < -0.4 is 0 Å². The molecule has 10 nitrogen and oxygen atoms in total. The molecule has 0 spiro atoms. The van der Waals surface area contributed by atoms with E-state index in [0.29, 0.717) is 21.4 Å². The zero-order valence-corrected chi connectivity index (χ0v) is 15.4. The van der Waals surface area contributed by atoms with Gasteiger partial charge in [-0.15, -0.1) is 11.3 Å². The third-order valence-electron chi connectivity index (χ3n) is 4.13. The van der Waals surface area contributed by atoms with E-state index in [9.17, 15) is 24.5 Å². The van der Waals surface area contributed by atoms with Gasteiger partial charge in [0.05, 0.1) is 22.4 Å². The summed E-state index contributed by atoms with van der Waals surface area (Å²) in [5.74, 6) is -1.93. The number of carbonyl (C=O) groups is 3. The Bertz CT molecular complexity index is 1140. The first kappa shape index (κ1) is 18.5. The molecule has 0 bridgehead atoms. The van der Waals surface area contributed by atoms with Crippen molar-refractivity contribution in [2.24, 2.45) is 0 Å². The highest BCUT2D eigenvalue weighted by molar-refractivity contribution is 7.13. The summed E-state index contributed by atoms with van der Waals surface area (Å²) < 4.78 is 10.3. The van der Waals surface area contributed by atoms with Crippen LogP contribution in [-0.2, 0) is 16.1 Å². The van der Waals surface area contributed by atoms with E-state index in [2.05, 4.69) is 4.98 Å². The molecule has 146 valence electrons. The van der Waals surface area contributed by atoms with Gasteiger partial charge in [0, 0.05) is 11.4 Å². The molecule has 0 aliphatic carbocycles. The summed E-state index contributed by atoms with van der Waals surface area (Å²) in [5, 5.41) is 13.4. The number of hydrogen-bond donors (Lipinski definition) is 0. The number of nitro benzene ring substituents is 1. The number of imide groups is 1. The van der Waals surface area contributed by atoms with Crippen molar-refractivity contribution in [3.63, 3.8) is 0 Å². The Morgan fingerprint density at radius 1 is 1.24 bits per heavy atom. The lowest BCUT2D eigenvalue weighted by Crippen LogP contribution is -2.35. The maximum Gasteiger partial charge on any atom is 0.326 e. The Morgan fingerprint density at radius 2 is 2.07 bits per heavy atom. The summed E-state index contributed by atoms with van der Waals surface area (Å²) >= 11 is 1.31. The Kier molecular flexibility index (Phi) is 4.64. The fourth-order valence-corrected chi connectivity index (χ4v) is 3.60. The predicted molar refractivity (Wildman–Crippen MR) is 98.1 cm³/mol. The summed E-state index contributed by atoms with van der Waals surface area (Å²) in [6.45, 7) is -0.808. The maximum atomic E-state index is 12.4. The standard InChI is InChI=1S/C18H11N3O7S/c22-14(28-8-10-9-29-16(19-10)13-5-2-6-27-13)7-20-17(23)11-3-1-4-12(21(25)26)15(11)18(20)24/h1-6,9H,7-8H2. The SMILES string of the molecule is O=C(CN1C(=O)c2cccc([N+](=O)[O-])c2C1=O)OCc1csc(-c2ccco2)n1. The number of aromatic nitrogens is 1. The fraction of sp³-hybridized carbons (Fsp3) is 0.111. The molecule has 0 N–H and O–H groups in total. The number of hydrogen-bond acceptors (Lipinski definition) is 9. The van der Waals surface area contributed by atoms with Gasteiger partial charge in [0.25, 0.3) is 17.5 Å². The second-order valence-electron chi connectivity index (χ2n) is 5.94. The summed E-state index contributed by atoms with van der Waals surface area (Å²) in [4.78, 5) is 52.2. The number of rotatable bonds is 6. The van der Waals surface area contributed by atoms with Gasteiger partial charge in [-0.05, 0) is 18.2 Å². The Balaban J connectivity index is 1.41. The van der Waals surface area contributed by atoms with Gasteiger partial charge in [0.1, 0.15) is 18.7 Å². The first-order chi connectivity index (χ1) is 14.0. The lowest BCUT2D eigenvalue weighted by molar-refractivity contribution is -0.385. The molecule has 2 amide bonds. The molecular weight excluding hydrogens is 402 g/mol. The molecule has 0 saturated heterocycles. The Morgan fingerprint density at radius 3 is 2.79 bits per heavy atom. The molecule has 1 aromatic carbocycles. The number of thiazole rings is 1. The monoisotopic (exact) mass is 413 g/mol. The normalized spacial score (nSPS) is 12.9. The van der Waals surface area contributed by atoms with Crippen LogP contribution in [0.2, 0.25) is 0 Å². The maximum absolute atomic E-state index is 12.4. The largest absolute Gasteiger partial charge is 0.462 e. The van der Waals surface area contributed by atoms with Gasteiger partial charge in [0.2, 0.25) is 0 Å². The molecule has 3 aromatic rings. The molecule has 2 aromatic heterocycles. The third-order valence-corrected chi connectivity index (χ3v) is 5.03. The smallest absolute Gasteiger partial charge is 0.326 e. The number of furan rings is 1. The molecule has 1 aliphatic heterocycles. The Hall–Kier alpha value is -3.86. The first-order valence-electron chi connectivity index (χ1n) is 8.23. The van der Waals surface area contributed by atoms with E-state index in [1.165, 1.54) is 29.7 Å². The van der Waals surface area contributed by atoms with Crippen LogP contribution in [0.15, 0.2) is 46.4 Å². The number of nitro groups is 1. The number of fused-ring (bicyclic) bond motifs is 1. The fourth-order valence-electron chi connectivity index (χ4n) is 2.83. The molecule has 0 fully saturated rings. The quantitative estimate of drug-likeness (QED) is 0.261. The topological polar surface area (TPSA) is 133 Å². The minimum atomic E-state index is -0.900. The first-order valence-corrected chi connectivity index (χ1v) is 9.11. The number of amides is 2. The lowest BCUT2D eigenvalue weighted by atomic mass is 10.1. The molecule has 0 atom stereocenters. The van der Waals surface area contributed by atoms with Gasteiger partial charge in [-0.3, -0.25) is 29.4 Å². The van der Waals surface area contributed by atoms with Gasteiger partial charge in [-0.2, -0.15) is 0 Å². The van der Waals surface area contributed by atoms with Crippen molar-refractivity contribution in [3.8, 4) is 10.8 Å². The van der Waals surface area contributed by atoms with Crippen LogP contribution in [0.1, 0.15) is 26.4 Å². The van der Waals surface area contributed by atoms with Gasteiger partial charge in [0.15, 0.2) is 10.8 Å². The van der Waals surface area contributed by atoms with Crippen LogP contribution in [0.4, 0.5) is 5.69 Å². The van der Waals surface area contributed by atoms with Gasteiger partial charge >= 0.3 is 5.97 Å². The zero-order valence-electron chi connectivity index (χ0n) is 14.6. The van der Waals surface area contributed by atoms with E-state index in [4.69, 9.17) is 9.15 Å². The van der Waals surface area contributed by atoms with Crippen LogP contribution in [0.25, 0.3) is 10.8 Å². The van der Waals surface area contributed by atoms with E-state index in [0.717, 1.165) is 6.07 Å². The highest BCUT2D eigenvalue weighted by Gasteiger charge is 2.41. The third kappa shape index (κ3) is 3.38. The van der Waals surface area contributed by atoms with E-state index < -0.39 is 34.9 Å². The summed E-state index contributed by atoms with van der Waals surface area (Å²) in [6.07, 6.45) is 1.52. The molecule has 1 aliphatic rings. The summed E-state index contributed by atoms with van der Waals surface area (Å²) in [6, 6.07) is 7.21. The van der Waals surface area contributed by atoms with E-state index >= 15 is 0 Å². The van der Waals surface area contributed by atoms with Crippen molar-refractivity contribution >= 4 is 34.8 Å². The van der Waals surface area contributed by atoms with Gasteiger partial charge < -0.3 is 9.15 Å². The number of benzene rings is 1. The minimum Gasteiger partial charge on any atom is -0.462 e. The number of ether oxygens (including phenoxy) is 1. The zero-order chi connectivity index (χ0) is 20.5. The molecule has 3 heterocycles. The second-order valence-corrected chi connectivity index (χ2v) is 6.79. The molecule has 0 unspecified atom stereocenters. The van der Waals surface area contributed by atoms with Gasteiger partial charge in [-0.25, -0.2) is 4.98 Å². The van der Waals surface area contributed by atoms with Crippen molar-refractivity contribution in [2.45, 2.75) is 6.61 Å². The number of carbonyl (C=O) groups excluding carboxylic acids is 3. The average molecular weight is 413 g/mol. The van der Waals surface area contributed by atoms with Crippen molar-refractivity contribution in [3.05, 3.63) is 68.9 Å². The van der Waals surface area contributed by atoms with Crippen molar-refractivity contribution < 1.29 is 28.5 Å². The molecule has 0 saturated carbocycles. The van der Waals surface area contributed by atoms with Gasteiger partial charge in [-0.1, -0.05) is 6.07 Å². The summed E-state index contributed by atoms with van der Waals surface area (Å²) in [5.41, 5.74) is -0.435. The minimum absolute atomic E-state index is 0.111. The van der Waals surface area contributed by atoms with Crippen molar-refractivity contribution in [1.82, 2.24) is 9.88 Å². The second kappa shape index (κ2) is 7.28. The van der Waals surface area contributed by atoms with Crippen LogP contribution in [0, 0.1) is 10.1 Å². The Labute approximate surface area is 166 Å². The van der Waals surface area contributed by atoms with Crippen LogP contribution >= 0.6 is 11.3 Å². The highest BCUT2D eigenvalue weighted by Crippen LogP contribution is 2.30. The van der Waals surface area contributed by atoms with E-state index in [1.54, 1.807) is 17.5 Å². The highest BCUT2D eigenvalue weighted by atomic mass is 32.1. The van der Waals surface area contributed by atoms with E-state index in [1.807, 2.05) is 0 Å². The van der Waals surface area contributed by atoms with Crippen LogP contribution in [0.5, 0.6) is 0 Å². The predicted octanol–water partition coefficient (Wildman–Crippen LogP) is 2.65. The molecule has 0 radical (unpaired) electrons. The van der Waals surface area contributed by atoms with Crippen LogP contribution in [-0.4, -0.2) is 39.1 Å².